The molecule has 5 N–H and O–H groups in total. The van der Waals surface area contributed by atoms with Gasteiger partial charge in [-0.25, -0.2) is 0 Å². The zero-order valence-corrected chi connectivity index (χ0v) is 7.90. The first-order valence-electron chi connectivity index (χ1n) is 4.78. The van der Waals surface area contributed by atoms with E-state index in [1.165, 1.54) is 12.8 Å². The summed E-state index contributed by atoms with van der Waals surface area (Å²) in [7, 11) is 0. The molecule has 6 heteroatoms. The Morgan fingerprint density at radius 1 is 1.14 bits per heavy atom. The maximum absolute atomic E-state index is 5.71. The van der Waals surface area contributed by atoms with Crippen molar-refractivity contribution in [1.82, 2.24) is 15.4 Å². The molecule has 1 heterocycles. The molecule has 0 unspecified atom stereocenters. The van der Waals surface area contributed by atoms with Gasteiger partial charge in [0.15, 0.2) is 11.6 Å². The Hall–Kier alpha value is -1.59. The molecule has 14 heavy (non-hydrogen) atoms. The fourth-order valence-electron chi connectivity index (χ4n) is 1.71. The van der Waals surface area contributed by atoms with E-state index >= 15 is 0 Å². The maximum Gasteiger partial charge on any atom is 0.177 e. The topological polar surface area (TPSA) is 103 Å². The van der Waals surface area contributed by atoms with E-state index in [4.69, 9.17) is 11.5 Å². The van der Waals surface area contributed by atoms with Crippen molar-refractivity contribution in [2.24, 2.45) is 0 Å². The van der Waals surface area contributed by atoms with Crippen LogP contribution in [-0.4, -0.2) is 21.5 Å². The van der Waals surface area contributed by atoms with E-state index in [-0.39, 0.29) is 5.82 Å². The van der Waals surface area contributed by atoms with Crippen LogP contribution in [0.15, 0.2) is 0 Å². The number of rotatable bonds is 2. The highest BCUT2D eigenvalue weighted by molar-refractivity contribution is 5.71. The predicted octanol–water partition coefficient (Wildman–Crippen LogP) is 0.390. The van der Waals surface area contributed by atoms with E-state index in [1.54, 1.807) is 0 Å². The third-order valence-electron chi connectivity index (χ3n) is 2.52. The van der Waals surface area contributed by atoms with Gasteiger partial charge in [0, 0.05) is 6.04 Å². The van der Waals surface area contributed by atoms with Gasteiger partial charge in [-0.15, -0.1) is 10.2 Å². The van der Waals surface area contributed by atoms with Crippen LogP contribution < -0.4 is 16.8 Å². The van der Waals surface area contributed by atoms with Gasteiger partial charge in [-0.05, 0) is 18.1 Å². The summed E-state index contributed by atoms with van der Waals surface area (Å²) in [5, 5.41) is 14.1. The number of nitrogens with two attached hydrogens (primary N) is 2. The molecule has 0 amide bonds. The molecule has 1 aliphatic rings. The minimum atomic E-state index is 0.237. The van der Waals surface area contributed by atoms with Gasteiger partial charge >= 0.3 is 0 Å². The van der Waals surface area contributed by atoms with Gasteiger partial charge in [-0.2, -0.15) is 0 Å². The van der Waals surface area contributed by atoms with Crippen molar-refractivity contribution in [2.75, 3.05) is 16.8 Å². The average Bonchev–Trinajstić information content (AvgIpc) is 2.66. The molecule has 1 aliphatic carbocycles. The fourth-order valence-corrected chi connectivity index (χ4v) is 1.71. The monoisotopic (exact) mass is 194 g/mol. The van der Waals surface area contributed by atoms with Crippen LogP contribution in [0.5, 0.6) is 0 Å². The van der Waals surface area contributed by atoms with Gasteiger partial charge in [-0.1, -0.05) is 12.8 Å². The molecule has 0 atom stereocenters. The van der Waals surface area contributed by atoms with E-state index in [1.807, 2.05) is 0 Å². The van der Waals surface area contributed by atoms with Crippen LogP contribution in [0.4, 0.5) is 17.3 Å². The highest BCUT2D eigenvalue weighted by Gasteiger charge is 2.17. The van der Waals surface area contributed by atoms with Crippen LogP contribution in [0.2, 0.25) is 0 Å². The minimum Gasteiger partial charge on any atom is -0.393 e. The third-order valence-corrected chi connectivity index (χ3v) is 2.52. The SMILES string of the molecule is Nc1nnnc(NC2CCCC2)c1N. The molecule has 1 fully saturated rings. The molecular weight excluding hydrogens is 180 g/mol. The van der Waals surface area contributed by atoms with Gasteiger partial charge in [0.2, 0.25) is 0 Å². The molecule has 1 aromatic rings. The van der Waals surface area contributed by atoms with Crippen molar-refractivity contribution < 1.29 is 0 Å². The van der Waals surface area contributed by atoms with Gasteiger partial charge < -0.3 is 16.8 Å². The lowest BCUT2D eigenvalue weighted by Crippen LogP contribution is -2.18. The second-order valence-corrected chi connectivity index (χ2v) is 3.56. The molecule has 1 saturated carbocycles. The molecule has 0 aliphatic heterocycles. The Morgan fingerprint density at radius 2 is 1.86 bits per heavy atom. The number of hydrogen-bond acceptors (Lipinski definition) is 6. The van der Waals surface area contributed by atoms with Crippen molar-refractivity contribution in [3.05, 3.63) is 0 Å². The van der Waals surface area contributed by atoms with Crippen molar-refractivity contribution in [1.29, 1.82) is 0 Å². The number of nitrogen functional groups attached to an aromatic ring is 2. The standard InChI is InChI=1S/C8H14N6/c9-6-7(10)12-14-13-8(6)11-5-3-1-2-4-5/h5H,1-4H2,(H2,9,14)(H3,10,11,12,13). The number of nitrogens with one attached hydrogen (secondary N) is 1. The van der Waals surface area contributed by atoms with Crippen molar-refractivity contribution in [3.63, 3.8) is 0 Å². The number of anilines is 3. The zero-order valence-electron chi connectivity index (χ0n) is 7.90. The van der Waals surface area contributed by atoms with Crippen molar-refractivity contribution in [2.45, 2.75) is 31.7 Å². The lowest BCUT2D eigenvalue weighted by Gasteiger charge is -2.13. The van der Waals surface area contributed by atoms with E-state index in [0.717, 1.165) is 12.8 Å². The molecule has 0 saturated heterocycles. The van der Waals surface area contributed by atoms with E-state index in [9.17, 15) is 0 Å². The Balaban J connectivity index is 2.11. The van der Waals surface area contributed by atoms with Gasteiger partial charge in [0.1, 0.15) is 5.69 Å². The fraction of sp³-hybridized carbons (Fsp3) is 0.625. The largest absolute Gasteiger partial charge is 0.393 e. The van der Waals surface area contributed by atoms with Crippen LogP contribution in [0.25, 0.3) is 0 Å². The van der Waals surface area contributed by atoms with Gasteiger partial charge in [0.25, 0.3) is 0 Å². The van der Waals surface area contributed by atoms with Crippen LogP contribution >= 0.6 is 0 Å². The Kier molecular flexibility index (Phi) is 2.34. The van der Waals surface area contributed by atoms with Crippen molar-refractivity contribution in [3.8, 4) is 0 Å². The third kappa shape index (κ3) is 1.68. The molecule has 76 valence electrons. The van der Waals surface area contributed by atoms with Crippen LogP contribution in [0.1, 0.15) is 25.7 Å². The molecular formula is C8H14N6. The summed E-state index contributed by atoms with van der Waals surface area (Å²) in [6.45, 7) is 0. The Morgan fingerprint density at radius 3 is 2.57 bits per heavy atom. The second kappa shape index (κ2) is 3.65. The normalized spacial score (nSPS) is 17.1. The highest BCUT2D eigenvalue weighted by atomic mass is 15.4. The van der Waals surface area contributed by atoms with Crippen LogP contribution in [-0.2, 0) is 0 Å². The van der Waals surface area contributed by atoms with E-state index < -0.39 is 0 Å². The van der Waals surface area contributed by atoms with Crippen molar-refractivity contribution >= 4 is 17.3 Å². The number of nitrogens with zero attached hydrogens (tertiary/aromatic N) is 3. The van der Waals surface area contributed by atoms with Gasteiger partial charge in [-0.3, -0.25) is 0 Å². The number of aromatic nitrogens is 3. The first-order chi connectivity index (χ1) is 6.77. The summed E-state index contributed by atoms with van der Waals surface area (Å²) in [6.07, 6.45) is 4.82. The molecule has 0 bridgehead atoms. The molecule has 0 radical (unpaired) electrons. The lowest BCUT2D eigenvalue weighted by molar-refractivity contribution is 0.741. The second-order valence-electron chi connectivity index (χ2n) is 3.56. The summed E-state index contributed by atoms with van der Waals surface area (Å²) in [4.78, 5) is 0. The van der Waals surface area contributed by atoms with E-state index in [2.05, 4.69) is 20.7 Å². The first kappa shape index (κ1) is 8.98. The molecule has 2 rings (SSSR count). The highest BCUT2D eigenvalue weighted by Crippen LogP contribution is 2.25. The quantitative estimate of drug-likeness (QED) is 0.629. The summed E-state index contributed by atoms with van der Waals surface area (Å²) in [6, 6.07) is 0.452. The molecule has 1 aromatic heterocycles. The first-order valence-corrected chi connectivity index (χ1v) is 4.78. The smallest absolute Gasteiger partial charge is 0.177 e. The lowest BCUT2D eigenvalue weighted by atomic mass is 10.2. The Bertz CT molecular complexity index is 320. The summed E-state index contributed by atoms with van der Waals surface area (Å²) >= 11 is 0. The summed E-state index contributed by atoms with van der Waals surface area (Å²) in [5.74, 6) is 0.796. The molecule has 6 nitrogen and oxygen atoms in total. The number of hydrogen-bond donors (Lipinski definition) is 3. The van der Waals surface area contributed by atoms with Gasteiger partial charge in [0.05, 0.1) is 0 Å². The minimum absolute atomic E-state index is 0.237. The van der Waals surface area contributed by atoms with Crippen LogP contribution in [0, 0.1) is 0 Å². The average molecular weight is 194 g/mol. The zero-order chi connectivity index (χ0) is 9.97. The molecule has 0 spiro atoms. The summed E-state index contributed by atoms with van der Waals surface area (Å²) < 4.78 is 0. The molecule has 0 aromatic carbocycles. The van der Waals surface area contributed by atoms with E-state index in [0.29, 0.717) is 17.5 Å². The maximum atomic E-state index is 5.71. The summed E-state index contributed by atoms with van der Waals surface area (Å²) in [5.41, 5.74) is 11.6. The predicted molar refractivity (Wildman–Crippen MR) is 54.5 cm³/mol. The Labute approximate surface area is 82.1 Å². The van der Waals surface area contributed by atoms with Crippen LogP contribution in [0.3, 0.4) is 0 Å².